The zero-order valence-corrected chi connectivity index (χ0v) is 12.4. The van der Waals surface area contributed by atoms with Crippen molar-refractivity contribution < 1.29 is 9.53 Å². The summed E-state index contributed by atoms with van der Waals surface area (Å²) in [7, 11) is 0. The maximum absolute atomic E-state index is 11.8. The highest BCUT2D eigenvalue weighted by Gasteiger charge is 2.07. The molecule has 0 saturated heterocycles. The quantitative estimate of drug-likeness (QED) is 0.570. The van der Waals surface area contributed by atoms with Crippen LogP contribution in [0.25, 0.3) is 0 Å². The summed E-state index contributed by atoms with van der Waals surface area (Å²) in [5.74, 6) is 0.434. The Kier molecular flexibility index (Phi) is 5.83. The number of hydrogen-bond donors (Lipinski definition) is 0. The number of rotatable bonds is 7. The molecule has 0 heterocycles. The van der Waals surface area contributed by atoms with Gasteiger partial charge in [-0.25, -0.2) is 0 Å². The second kappa shape index (κ2) is 8.10. The van der Waals surface area contributed by atoms with E-state index in [9.17, 15) is 4.79 Å². The van der Waals surface area contributed by atoms with E-state index < -0.39 is 0 Å². The molecule has 3 heteroatoms. The number of ether oxygens (including phenoxy) is 1. The molecule has 0 saturated carbocycles. The summed E-state index contributed by atoms with van der Waals surface area (Å²) in [4.78, 5) is 14.0. The van der Waals surface area contributed by atoms with Gasteiger partial charge in [-0.15, -0.1) is 0 Å². The van der Waals surface area contributed by atoms with E-state index in [1.54, 1.807) is 12.1 Å². The molecule has 3 nitrogen and oxygen atoms in total. The number of carbonyl (C=O) groups excluding carboxylic acids is 1. The predicted octanol–water partition coefficient (Wildman–Crippen LogP) is 3.90. The van der Waals surface area contributed by atoms with E-state index in [1.165, 1.54) is 5.69 Å². The molecule has 2 aromatic rings. The maximum atomic E-state index is 11.8. The number of para-hydroxylation sites is 2. The Balaban J connectivity index is 1.76. The van der Waals surface area contributed by atoms with E-state index >= 15 is 0 Å². The van der Waals surface area contributed by atoms with Crippen LogP contribution in [0, 0.1) is 0 Å². The largest absolute Gasteiger partial charge is 0.427 e. The van der Waals surface area contributed by atoms with Gasteiger partial charge in [-0.1, -0.05) is 36.4 Å². The Hall–Kier alpha value is -2.29. The molecule has 2 rings (SSSR count). The van der Waals surface area contributed by atoms with Crippen LogP contribution in [0.5, 0.6) is 5.75 Å². The first-order chi connectivity index (χ1) is 10.3. The number of esters is 1. The molecule has 0 amide bonds. The molecule has 2 aromatic carbocycles. The van der Waals surface area contributed by atoms with Crippen molar-refractivity contribution in [3.05, 3.63) is 60.7 Å². The molecular weight excluding hydrogens is 262 g/mol. The summed E-state index contributed by atoms with van der Waals surface area (Å²) in [6.45, 7) is 3.90. The van der Waals surface area contributed by atoms with Gasteiger partial charge in [0, 0.05) is 25.2 Å². The minimum atomic E-state index is -0.176. The molecule has 0 spiro atoms. The van der Waals surface area contributed by atoms with Crippen LogP contribution in [-0.4, -0.2) is 19.1 Å². The Labute approximate surface area is 126 Å². The smallest absolute Gasteiger partial charge is 0.311 e. The summed E-state index contributed by atoms with van der Waals surface area (Å²) < 4.78 is 5.28. The van der Waals surface area contributed by atoms with Crippen molar-refractivity contribution in [2.24, 2.45) is 0 Å². The Morgan fingerprint density at radius 3 is 2.24 bits per heavy atom. The van der Waals surface area contributed by atoms with Crippen molar-refractivity contribution in [2.45, 2.75) is 19.8 Å². The van der Waals surface area contributed by atoms with Crippen LogP contribution in [0.2, 0.25) is 0 Å². The third kappa shape index (κ3) is 4.95. The van der Waals surface area contributed by atoms with Crippen LogP contribution >= 0.6 is 0 Å². The molecule has 21 heavy (non-hydrogen) atoms. The molecule has 0 radical (unpaired) electrons. The number of nitrogens with zero attached hydrogens (tertiary/aromatic N) is 1. The van der Waals surface area contributed by atoms with Crippen molar-refractivity contribution in [1.82, 2.24) is 0 Å². The molecule has 0 aromatic heterocycles. The van der Waals surface area contributed by atoms with Crippen molar-refractivity contribution in [1.29, 1.82) is 0 Å². The normalized spacial score (nSPS) is 10.1. The fourth-order valence-corrected chi connectivity index (χ4v) is 2.19. The van der Waals surface area contributed by atoms with Crippen molar-refractivity contribution in [3.8, 4) is 5.75 Å². The SMILES string of the molecule is CCN(CCCC(=O)Oc1ccccc1)c1ccccc1. The summed E-state index contributed by atoms with van der Waals surface area (Å²) in [5.41, 5.74) is 1.19. The first-order valence-corrected chi connectivity index (χ1v) is 7.35. The minimum Gasteiger partial charge on any atom is -0.427 e. The van der Waals surface area contributed by atoms with Crippen molar-refractivity contribution in [3.63, 3.8) is 0 Å². The van der Waals surface area contributed by atoms with Gasteiger partial charge < -0.3 is 9.64 Å². The Morgan fingerprint density at radius 1 is 1.00 bits per heavy atom. The average Bonchev–Trinajstić information content (AvgIpc) is 2.53. The van der Waals surface area contributed by atoms with Gasteiger partial charge in [0.1, 0.15) is 5.75 Å². The fraction of sp³-hybridized carbons (Fsp3) is 0.278. The van der Waals surface area contributed by atoms with Gasteiger partial charge in [-0.05, 0) is 37.6 Å². The van der Waals surface area contributed by atoms with Crippen LogP contribution in [0.15, 0.2) is 60.7 Å². The number of benzene rings is 2. The highest BCUT2D eigenvalue weighted by molar-refractivity contribution is 5.72. The average molecular weight is 283 g/mol. The summed E-state index contributed by atoms with van der Waals surface area (Å²) >= 11 is 0. The van der Waals surface area contributed by atoms with Gasteiger partial charge >= 0.3 is 5.97 Å². The zero-order chi connectivity index (χ0) is 14.9. The summed E-state index contributed by atoms with van der Waals surface area (Å²) in [6, 6.07) is 19.4. The molecule has 110 valence electrons. The van der Waals surface area contributed by atoms with E-state index in [2.05, 4.69) is 24.0 Å². The number of carbonyl (C=O) groups is 1. The van der Waals surface area contributed by atoms with Gasteiger partial charge in [0.15, 0.2) is 0 Å². The summed E-state index contributed by atoms with van der Waals surface area (Å²) in [5, 5.41) is 0. The highest BCUT2D eigenvalue weighted by Crippen LogP contribution is 2.14. The molecule has 0 aliphatic rings. The molecule has 0 atom stereocenters. The van der Waals surface area contributed by atoms with Gasteiger partial charge in [0.25, 0.3) is 0 Å². The molecule has 0 N–H and O–H groups in total. The maximum Gasteiger partial charge on any atom is 0.311 e. The third-order valence-corrected chi connectivity index (χ3v) is 3.29. The lowest BCUT2D eigenvalue weighted by atomic mass is 10.2. The van der Waals surface area contributed by atoms with E-state index in [1.807, 2.05) is 36.4 Å². The van der Waals surface area contributed by atoms with E-state index in [0.29, 0.717) is 12.2 Å². The molecule has 0 aliphatic heterocycles. The second-order valence-corrected chi connectivity index (χ2v) is 4.81. The first-order valence-electron chi connectivity index (χ1n) is 7.35. The van der Waals surface area contributed by atoms with E-state index in [-0.39, 0.29) is 5.97 Å². The first kappa shape index (κ1) is 15.1. The van der Waals surface area contributed by atoms with Crippen LogP contribution in [0.4, 0.5) is 5.69 Å². The van der Waals surface area contributed by atoms with Crippen LogP contribution < -0.4 is 9.64 Å². The monoisotopic (exact) mass is 283 g/mol. The van der Waals surface area contributed by atoms with E-state index in [4.69, 9.17) is 4.74 Å². The number of anilines is 1. The lowest BCUT2D eigenvalue weighted by Gasteiger charge is -2.22. The highest BCUT2D eigenvalue weighted by atomic mass is 16.5. The molecular formula is C18H21NO2. The van der Waals surface area contributed by atoms with Gasteiger partial charge in [-0.2, -0.15) is 0 Å². The lowest BCUT2D eigenvalue weighted by molar-refractivity contribution is -0.134. The molecule has 0 bridgehead atoms. The minimum absolute atomic E-state index is 0.176. The van der Waals surface area contributed by atoms with Crippen molar-refractivity contribution in [2.75, 3.05) is 18.0 Å². The van der Waals surface area contributed by atoms with Gasteiger partial charge in [-0.3, -0.25) is 4.79 Å². The second-order valence-electron chi connectivity index (χ2n) is 4.81. The molecule has 0 fully saturated rings. The Bertz CT molecular complexity index is 540. The van der Waals surface area contributed by atoms with Crippen LogP contribution in [0.3, 0.4) is 0 Å². The predicted molar refractivity (Wildman–Crippen MR) is 85.6 cm³/mol. The molecule has 0 unspecified atom stereocenters. The summed E-state index contributed by atoms with van der Waals surface area (Å²) in [6.07, 6.45) is 1.21. The van der Waals surface area contributed by atoms with Gasteiger partial charge in [0.2, 0.25) is 0 Å². The van der Waals surface area contributed by atoms with Crippen LogP contribution in [0.1, 0.15) is 19.8 Å². The lowest BCUT2D eigenvalue weighted by Crippen LogP contribution is -2.24. The Morgan fingerprint density at radius 2 is 1.62 bits per heavy atom. The van der Waals surface area contributed by atoms with Gasteiger partial charge in [0.05, 0.1) is 0 Å². The third-order valence-electron chi connectivity index (χ3n) is 3.29. The standard InChI is InChI=1S/C18H21NO2/c1-2-19(16-10-5-3-6-11-16)15-9-14-18(20)21-17-12-7-4-8-13-17/h3-8,10-13H,2,9,14-15H2,1H3. The topological polar surface area (TPSA) is 29.5 Å². The molecule has 0 aliphatic carbocycles. The number of hydrogen-bond acceptors (Lipinski definition) is 3. The zero-order valence-electron chi connectivity index (χ0n) is 12.4. The van der Waals surface area contributed by atoms with Crippen LogP contribution in [-0.2, 0) is 4.79 Å². The van der Waals surface area contributed by atoms with Crippen molar-refractivity contribution >= 4 is 11.7 Å². The fourth-order valence-electron chi connectivity index (χ4n) is 2.19. The van der Waals surface area contributed by atoms with E-state index in [0.717, 1.165) is 19.5 Å².